The van der Waals surface area contributed by atoms with Gasteiger partial charge in [-0.05, 0) is 60.6 Å². The average Bonchev–Trinajstić information content (AvgIpc) is 2.76. The number of halogens is 2. The summed E-state index contributed by atoms with van der Waals surface area (Å²) in [6.45, 7) is 6.47. The second kappa shape index (κ2) is 10.9. The highest BCUT2D eigenvalue weighted by molar-refractivity contribution is 9.10. The molecule has 0 bridgehead atoms. The molecule has 0 radical (unpaired) electrons. The Morgan fingerprint density at radius 3 is 2.47 bits per heavy atom. The number of nitrogens with zero attached hydrogens (tertiary/aromatic N) is 1. The molecule has 1 aliphatic rings. The maximum Gasteiger partial charge on any atom is 0.265 e. The molecule has 0 saturated carbocycles. The first-order chi connectivity index (χ1) is 15.3. The molecule has 1 heterocycles. The maximum absolute atomic E-state index is 12.8. The van der Waals surface area contributed by atoms with Gasteiger partial charge >= 0.3 is 0 Å². The maximum atomic E-state index is 12.8. The minimum Gasteiger partial charge on any atom is -0.490 e. The Balaban J connectivity index is 1.91. The molecule has 0 aliphatic carbocycles. The molecule has 1 fully saturated rings. The molecule has 1 aliphatic heterocycles. The fraction of sp³-hybridized carbons (Fsp3) is 0.174. The van der Waals surface area contributed by atoms with Crippen molar-refractivity contribution in [3.63, 3.8) is 0 Å². The SMILES string of the molecule is C=CCN1C(=O)/C(=C/c2cc(OCC)c(OCc3ccc(Br)cc3)cc2Br)C(=O)NC1=S. The van der Waals surface area contributed by atoms with Gasteiger partial charge < -0.3 is 9.47 Å². The van der Waals surface area contributed by atoms with Crippen molar-refractivity contribution in [3.8, 4) is 11.5 Å². The lowest BCUT2D eigenvalue weighted by molar-refractivity contribution is -0.128. The van der Waals surface area contributed by atoms with Gasteiger partial charge in [-0.3, -0.25) is 19.8 Å². The molecule has 2 amide bonds. The molecule has 9 heteroatoms. The molecule has 0 spiro atoms. The van der Waals surface area contributed by atoms with Gasteiger partial charge in [0.15, 0.2) is 16.6 Å². The number of amides is 2. The van der Waals surface area contributed by atoms with Crippen LogP contribution in [0.2, 0.25) is 0 Å². The molecular weight excluding hydrogens is 560 g/mol. The average molecular weight is 580 g/mol. The van der Waals surface area contributed by atoms with Crippen molar-refractivity contribution < 1.29 is 19.1 Å². The predicted molar refractivity (Wildman–Crippen MR) is 134 cm³/mol. The zero-order valence-electron chi connectivity index (χ0n) is 17.2. The van der Waals surface area contributed by atoms with Crippen LogP contribution in [0, 0.1) is 0 Å². The minimum atomic E-state index is -0.555. The van der Waals surface area contributed by atoms with Crippen LogP contribution in [-0.4, -0.2) is 35.0 Å². The van der Waals surface area contributed by atoms with E-state index >= 15 is 0 Å². The molecule has 0 unspecified atom stereocenters. The smallest absolute Gasteiger partial charge is 0.265 e. The largest absolute Gasteiger partial charge is 0.490 e. The number of rotatable bonds is 8. The van der Waals surface area contributed by atoms with Gasteiger partial charge in [-0.15, -0.1) is 6.58 Å². The van der Waals surface area contributed by atoms with E-state index in [0.29, 0.717) is 34.7 Å². The summed E-state index contributed by atoms with van der Waals surface area (Å²) in [7, 11) is 0. The van der Waals surface area contributed by atoms with Crippen LogP contribution >= 0.6 is 44.1 Å². The molecule has 1 N–H and O–H groups in total. The molecule has 2 aromatic rings. The predicted octanol–water partition coefficient (Wildman–Crippen LogP) is 5.00. The van der Waals surface area contributed by atoms with Crippen LogP contribution in [0.3, 0.4) is 0 Å². The van der Waals surface area contributed by atoms with Crippen LogP contribution in [0.25, 0.3) is 6.08 Å². The molecule has 32 heavy (non-hydrogen) atoms. The van der Waals surface area contributed by atoms with E-state index in [0.717, 1.165) is 10.0 Å². The fourth-order valence-corrected chi connectivity index (χ4v) is 3.88. The van der Waals surface area contributed by atoms with Gasteiger partial charge in [-0.1, -0.05) is 50.1 Å². The van der Waals surface area contributed by atoms with E-state index in [4.69, 9.17) is 21.7 Å². The number of carbonyl (C=O) groups excluding carboxylic acids is 2. The van der Waals surface area contributed by atoms with Crippen molar-refractivity contribution in [2.45, 2.75) is 13.5 Å². The van der Waals surface area contributed by atoms with E-state index in [-0.39, 0.29) is 17.2 Å². The molecule has 2 aromatic carbocycles. The van der Waals surface area contributed by atoms with Gasteiger partial charge in [0.25, 0.3) is 11.8 Å². The normalized spacial score (nSPS) is 15.0. The zero-order valence-corrected chi connectivity index (χ0v) is 21.2. The molecule has 0 atom stereocenters. The molecular formula is C23H20Br2N2O4S. The molecule has 3 rings (SSSR count). The van der Waals surface area contributed by atoms with Gasteiger partial charge in [0.1, 0.15) is 12.2 Å². The van der Waals surface area contributed by atoms with E-state index < -0.39 is 11.8 Å². The fourth-order valence-electron chi connectivity index (χ4n) is 2.93. The highest BCUT2D eigenvalue weighted by atomic mass is 79.9. The van der Waals surface area contributed by atoms with E-state index in [1.54, 1.807) is 18.2 Å². The van der Waals surface area contributed by atoms with Crippen molar-refractivity contribution in [1.82, 2.24) is 10.2 Å². The number of benzene rings is 2. The Bertz CT molecular complexity index is 1100. The van der Waals surface area contributed by atoms with Crippen LogP contribution < -0.4 is 14.8 Å². The van der Waals surface area contributed by atoms with Crippen LogP contribution in [-0.2, 0) is 16.2 Å². The van der Waals surface area contributed by atoms with Crippen molar-refractivity contribution in [2.24, 2.45) is 0 Å². The number of nitrogens with one attached hydrogen (secondary N) is 1. The van der Waals surface area contributed by atoms with Crippen LogP contribution in [0.1, 0.15) is 18.1 Å². The lowest BCUT2D eigenvalue weighted by atomic mass is 10.1. The van der Waals surface area contributed by atoms with Crippen molar-refractivity contribution in [1.29, 1.82) is 0 Å². The summed E-state index contributed by atoms with van der Waals surface area (Å²) in [4.78, 5) is 26.5. The Labute approximate surface area is 208 Å². The van der Waals surface area contributed by atoms with E-state index in [1.807, 2.05) is 31.2 Å². The van der Waals surface area contributed by atoms with E-state index in [9.17, 15) is 9.59 Å². The first-order valence-electron chi connectivity index (χ1n) is 9.67. The Morgan fingerprint density at radius 1 is 1.12 bits per heavy atom. The highest BCUT2D eigenvalue weighted by Crippen LogP contribution is 2.36. The summed E-state index contributed by atoms with van der Waals surface area (Å²) in [6, 6.07) is 11.3. The lowest BCUT2D eigenvalue weighted by Gasteiger charge is -2.27. The standard InChI is InChI=1S/C23H20Br2N2O4S/c1-3-9-27-22(29)17(21(28)26-23(27)32)10-15-11-19(30-4-2)20(12-18(15)25)31-13-14-5-7-16(24)8-6-14/h3,5-8,10-12H,1,4,9,13H2,2H3,(H,26,28,32)/b17-10+. The summed E-state index contributed by atoms with van der Waals surface area (Å²) >= 11 is 12.0. The van der Waals surface area contributed by atoms with E-state index in [2.05, 4.69) is 43.8 Å². The van der Waals surface area contributed by atoms with Gasteiger partial charge in [0.2, 0.25) is 0 Å². The summed E-state index contributed by atoms with van der Waals surface area (Å²) in [5, 5.41) is 2.59. The van der Waals surface area contributed by atoms with Crippen LogP contribution in [0.15, 0.2) is 63.6 Å². The second-order valence-electron chi connectivity index (χ2n) is 6.69. The van der Waals surface area contributed by atoms with Crippen molar-refractivity contribution in [3.05, 3.63) is 74.7 Å². The minimum absolute atomic E-state index is 0.0351. The van der Waals surface area contributed by atoms with Crippen molar-refractivity contribution >= 4 is 67.1 Å². The van der Waals surface area contributed by atoms with Gasteiger partial charge in [0, 0.05) is 15.5 Å². The summed E-state index contributed by atoms with van der Waals surface area (Å²) in [5.74, 6) is -0.000661. The number of ether oxygens (including phenoxy) is 2. The Morgan fingerprint density at radius 2 is 1.81 bits per heavy atom. The molecule has 1 saturated heterocycles. The van der Waals surface area contributed by atoms with Gasteiger partial charge in [-0.25, -0.2) is 0 Å². The highest BCUT2D eigenvalue weighted by Gasteiger charge is 2.32. The Kier molecular flexibility index (Phi) is 8.22. The second-order valence-corrected chi connectivity index (χ2v) is 8.85. The Hall–Kier alpha value is -2.49. The third-order valence-corrected chi connectivity index (χ3v) is 6.01. The summed E-state index contributed by atoms with van der Waals surface area (Å²) < 4.78 is 13.4. The number of thiocarbonyl (C=S) groups is 1. The van der Waals surface area contributed by atoms with Gasteiger partial charge in [0.05, 0.1) is 6.61 Å². The monoisotopic (exact) mass is 578 g/mol. The van der Waals surface area contributed by atoms with Crippen molar-refractivity contribution in [2.75, 3.05) is 13.2 Å². The van der Waals surface area contributed by atoms with Crippen LogP contribution in [0.4, 0.5) is 0 Å². The molecule has 6 nitrogen and oxygen atoms in total. The number of hydrogen-bond donors (Lipinski definition) is 1. The first-order valence-corrected chi connectivity index (χ1v) is 11.7. The number of hydrogen-bond acceptors (Lipinski definition) is 5. The molecule has 0 aromatic heterocycles. The third kappa shape index (κ3) is 5.65. The summed E-state index contributed by atoms with van der Waals surface area (Å²) in [5.41, 5.74) is 1.56. The third-order valence-electron chi connectivity index (χ3n) is 4.47. The number of carbonyl (C=O) groups is 2. The zero-order chi connectivity index (χ0) is 23.3. The lowest BCUT2D eigenvalue weighted by Crippen LogP contribution is -2.53. The van der Waals surface area contributed by atoms with Gasteiger partial charge in [-0.2, -0.15) is 0 Å². The molecule has 166 valence electrons. The topological polar surface area (TPSA) is 67.9 Å². The van der Waals surface area contributed by atoms with Crippen LogP contribution in [0.5, 0.6) is 11.5 Å². The van der Waals surface area contributed by atoms with E-state index in [1.165, 1.54) is 11.0 Å². The quantitative estimate of drug-likeness (QED) is 0.206. The first kappa shape index (κ1) is 24.2. The summed E-state index contributed by atoms with van der Waals surface area (Å²) in [6.07, 6.45) is 3.04.